The topological polar surface area (TPSA) is 75.4 Å². The lowest BCUT2D eigenvalue weighted by Crippen LogP contribution is -2.52. The third-order valence-corrected chi connectivity index (χ3v) is 2.86. The van der Waals surface area contributed by atoms with Crippen LogP contribution in [0, 0.1) is 0 Å². The molecule has 17 heavy (non-hydrogen) atoms. The Morgan fingerprint density at radius 1 is 1.41 bits per heavy atom. The molecule has 1 aromatic heterocycles. The van der Waals surface area contributed by atoms with E-state index in [1.165, 1.54) is 0 Å². The molecule has 1 aliphatic heterocycles. The minimum absolute atomic E-state index is 0.0174. The van der Waals surface area contributed by atoms with Gasteiger partial charge in [-0.15, -0.1) is 5.10 Å². The molecule has 0 saturated carbocycles. The fourth-order valence-electron chi connectivity index (χ4n) is 1.91. The lowest BCUT2D eigenvalue weighted by atomic mass is 10.2. The first-order valence-corrected chi connectivity index (χ1v) is 5.75. The zero-order chi connectivity index (χ0) is 12.3. The quantitative estimate of drug-likeness (QED) is 0.746. The average molecular weight is 235 g/mol. The summed E-state index contributed by atoms with van der Waals surface area (Å²) in [5.41, 5.74) is 5.59. The van der Waals surface area contributed by atoms with Crippen molar-refractivity contribution in [3.05, 3.63) is 18.3 Å². The van der Waals surface area contributed by atoms with Crippen molar-refractivity contribution >= 4 is 11.7 Å². The van der Waals surface area contributed by atoms with Crippen LogP contribution in [-0.4, -0.2) is 53.2 Å². The van der Waals surface area contributed by atoms with E-state index in [1.807, 2.05) is 12.1 Å². The molecule has 92 valence electrons. The van der Waals surface area contributed by atoms with E-state index in [0.29, 0.717) is 13.1 Å². The molecule has 1 amide bonds. The minimum atomic E-state index is -0.418. The first-order chi connectivity index (χ1) is 8.18. The van der Waals surface area contributed by atoms with Gasteiger partial charge in [-0.1, -0.05) is 0 Å². The van der Waals surface area contributed by atoms with E-state index in [9.17, 15) is 4.79 Å². The number of carbonyl (C=O) groups is 1. The molecule has 1 fully saturated rings. The number of hydrogen-bond acceptors (Lipinski definition) is 5. The van der Waals surface area contributed by atoms with Gasteiger partial charge in [-0.05, 0) is 19.1 Å². The highest BCUT2D eigenvalue weighted by atomic mass is 16.2. The van der Waals surface area contributed by atoms with Crippen LogP contribution in [-0.2, 0) is 4.79 Å². The first-order valence-electron chi connectivity index (χ1n) is 5.75. The SMILES string of the molecule is C[C@@H](N)C(=O)N1CCN(c2cccnn2)CC1. The van der Waals surface area contributed by atoms with Gasteiger partial charge in [0.2, 0.25) is 5.91 Å². The number of anilines is 1. The Kier molecular flexibility index (Phi) is 3.53. The number of nitrogens with two attached hydrogens (primary N) is 1. The fourth-order valence-corrected chi connectivity index (χ4v) is 1.91. The van der Waals surface area contributed by atoms with E-state index in [-0.39, 0.29) is 5.91 Å². The first kappa shape index (κ1) is 11.8. The Morgan fingerprint density at radius 3 is 2.65 bits per heavy atom. The molecule has 6 heteroatoms. The van der Waals surface area contributed by atoms with Crippen molar-refractivity contribution in [1.29, 1.82) is 0 Å². The van der Waals surface area contributed by atoms with Gasteiger partial charge >= 0.3 is 0 Å². The maximum absolute atomic E-state index is 11.7. The van der Waals surface area contributed by atoms with Crippen molar-refractivity contribution in [3.8, 4) is 0 Å². The van der Waals surface area contributed by atoms with E-state index < -0.39 is 6.04 Å². The molecule has 2 N–H and O–H groups in total. The second-order valence-electron chi connectivity index (χ2n) is 4.18. The van der Waals surface area contributed by atoms with Crippen molar-refractivity contribution in [1.82, 2.24) is 15.1 Å². The van der Waals surface area contributed by atoms with E-state index in [4.69, 9.17) is 5.73 Å². The smallest absolute Gasteiger partial charge is 0.239 e. The number of rotatable bonds is 2. The van der Waals surface area contributed by atoms with E-state index in [0.717, 1.165) is 18.9 Å². The van der Waals surface area contributed by atoms with Crippen LogP contribution in [0.25, 0.3) is 0 Å². The Labute approximate surface area is 100 Å². The van der Waals surface area contributed by atoms with Gasteiger partial charge in [-0.2, -0.15) is 5.10 Å². The Morgan fingerprint density at radius 2 is 2.12 bits per heavy atom. The van der Waals surface area contributed by atoms with Gasteiger partial charge < -0.3 is 15.5 Å². The van der Waals surface area contributed by atoms with Crippen molar-refractivity contribution in [2.24, 2.45) is 5.73 Å². The van der Waals surface area contributed by atoms with Crippen LogP contribution in [0.4, 0.5) is 5.82 Å². The molecule has 0 unspecified atom stereocenters. The monoisotopic (exact) mass is 235 g/mol. The number of carbonyl (C=O) groups excluding carboxylic acids is 1. The number of nitrogens with zero attached hydrogens (tertiary/aromatic N) is 4. The van der Waals surface area contributed by atoms with E-state index in [1.54, 1.807) is 18.0 Å². The third kappa shape index (κ3) is 2.71. The van der Waals surface area contributed by atoms with Crippen LogP contribution in [0.1, 0.15) is 6.92 Å². The van der Waals surface area contributed by atoms with Crippen molar-refractivity contribution in [2.75, 3.05) is 31.1 Å². The largest absolute Gasteiger partial charge is 0.352 e. The zero-order valence-electron chi connectivity index (χ0n) is 9.91. The highest BCUT2D eigenvalue weighted by Crippen LogP contribution is 2.11. The van der Waals surface area contributed by atoms with Gasteiger partial charge in [0.25, 0.3) is 0 Å². The van der Waals surface area contributed by atoms with Crippen LogP contribution >= 0.6 is 0 Å². The maximum atomic E-state index is 11.7. The zero-order valence-corrected chi connectivity index (χ0v) is 9.91. The molecule has 1 atom stereocenters. The molecule has 1 aromatic rings. The lowest BCUT2D eigenvalue weighted by Gasteiger charge is -2.35. The molecular weight excluding hydrogens is 218 g/mol. The summed E-state index contributed by atoms with van der Waals surface area (Å²) in [6.07, 6.45) is 1.65. The predicted octanol–water partition coefficient (Wildman–Crippen LogP) is -0.528. The average Bonchev–Trinajstić information content (AvgIpc) is 2.39. The highest BCUT2D eigenvalue weighted by Gasteiger charge is 2.23. The van der Waals surface area contributed by atoms with Crippen LogP contribution in [0.5, 0.6) is 0 Å². The maximum Gasteiger partial charge on any atom is 0.239 e. The highest BCUT2D eigenvalue weighted by molar-refractivity contribution is 5.81. The molecule has 6 nitrogen and oxygen atoms in total. The number of piperazine rings is 1. The standard InChI is InChI=1S/C11H17N5O/c1-9(12)11(17)16-7-5-15(6-8-16)10-3-2-4-13-14-10/h2-4,9H,5-8,12H2,1H3/t9-/m1/s1. The van der Waals surface area contributed by atoms with Gasteiger partial charge in [0.15, 0.2) is 5.82 Å². The van der Waals surface area contributed by atoms with Crippen LogP contribution in [0.2, 0.25) is 0 Å². The summed E-state index contributed by atoms with van der Waals surface area (Å²) in [6, 6.07) is 3.37. The molecule has 1 aliphatic rings. The van der Waals surface area contributed by atoms with E-state index >= 15 is 0 Å². The summed E-state index contributed by atoms with van der Waals surface area (Å²) >= 11 is 0. The Balaban J connectivity index is 1.93. The Bertz CT molecular complexity index is 373. The van der Waals surface area contributed by atoms with Crippen molar-refractivity contribution in [3.63, 3.8) is 0 Å². The Hall–Kier alpha value is -1.69. The van der Waals surface area contributed by atoms with Crippen molar-refractivity contribution in [2.45, 2.75) is 13.0 Å². The van der Waals surface area contributed by atoms with Crippen LogP contribution in [0.15, 0.2) is 18.3 Å². The fraction of sp³-hybridized carbons (Fsp3) is 0.545. The molecule has 2 rings (SSSR count). The molecule has 0 spiro atoms. The second kappa shape index (κ2) is 5.09. The summed E-state index contributed by atoms with van der Waals surface area (Å²) in [4.78, 5) is 15.6. The molecule has 0 radical (unpaired) electrons. The molecule has 1 saturated heterocycles. The molecule has 0 aliphatic carbocycles. The van der Waals surface area contributed by atoms with Gasteiger partial charge in [0, 0.05) is 32.4 Å². The van der Waals surface area contributed by atoms with Crippen molar-refractivity contribution < 1.29 is 4.79 Å². The minimum Gasteiger partial charge on any atom is -0.352 e. The number of amides is 1. The van der Waals surface area contributed by atoms with E-state index in [2.05, 4.69) is 15.1 Å². The predicted molar refractivity (Wildman–Crippen MR) is 64.5 cm³/mol. The van der Waals surface area contributed by atoms with Gasteiger partial charge in [-0.3, -0.25) is 4.79 Å². The van der Waals surface area contributed by atoms with Gasteiger partial charge in [0.1, 0.15) is 0 Å². The summed E-state index contributed by atoms with van der Waals surface area (Å²) in [5.74, 6) is 0.879. The summed E-state index contributed by atoms with van der Waals surface area (Å²) < 4.78 is 0. The summed E-state index contributed by atoms with van der Waals surface area (Å²) in [6.45, 7) is 4.65. The number of hydrogen-bond donors (Lipinski definition) is 1. The van der Waals surface area contributed by atoms with Crippen LogP contribution < -0.4 is 10.6 Å². The molecule has 0 bridgehead atoms. The van der Waals surface area contributed by atoms with Crippen LogP contribution in [0.3, 0.4) is 0 Å². The summed E-state index contributed by atoms with van der Waals surface area (Å²) in [5, 5.41) is 7.91. The third-order valence-electron chi connectivity index (χ3n) is 2.86. The lowest BCUT2D eigenvalue weighted by molar-refractivity contribution is -0.132. The normalized spacial score (nSPS) is 18.0. The second-order valence-corrected chi connectivity index (χ2v) is 4.18. The molecule has 2 heterocycles. The molecular formula is C11H17N5O. The van der Waals surface area contributed by atoms with Gasteiger partial charge in [-0.25, -0.2) is 0 Å². The van der Waals surface area contributed by atoms with Gasteiger partial charge in [0.05, 0.1) is 6.04 Å². The summed E-state index contributed by atoms with van der Waals surface area (Å²) in [7, 11) is 0. The number of aromatic nitrogens is 2. The molecule has 0 aromatic carbocycles.